The van der Waals surface area contributed by atoms with Crippen molar-refractivity contribution >= 4 is 33.6 Å². The largest absolute Gasteiger partial charge is 0.478 e. The van der Waals surface area contributed by atoms with E-state index in [1.165, 1.54) is 30.3 Å². The SMILES string of the molecule is O=C(O)c1ccc2oc3ccc([N+](=O)[O-])cc3c(=O)c2c1. The fourth-order valence-electron chi connectivity index (χ4n) is 2.09. The van der Waals surface area contributed by atoms with Gasteiger partial charge in [-0.15, -0.1) is 0 Å². The molecule has 0 atom stereocenters. The summed E-state index contributed by atoms with van der Waals surface area (Å²) in [6.45, 7) is 0. The number of nitro groups is 1. The lowest BCUT2D eigenvalue weighted by molar-refractivity contribution is -0.384. The number of non-ortho nitro benzene ring substituents is 1. The van der Waals surface area contributed by atoms with Crippen molar-refractivity contribution in [3.8, 4) is 0 Å². The van der Waals surface area contributed by atoms with Crippen molar-refractivity contribution in [3.63, 3.8) is 0 Å². The zero-order valence-electron chi connectivity index (χ0n) is 10.4. The Balaban J connectivity index is 2.42. The standard InChI is InChI=1S/C14H7NO6/c16-13-9-5-7(14(17)18)1-3-11(9)21-12-4-2-8(15(19)20)6-10(12)13/h1-6H,(H,17,18). The number of carbonyl (C=O) groups is 1. The predicted octanol–water partition coefficient (Wildman–Crippen LogP) is 2.55. The number of carboxylic acids is 1. The van der Waals surface area contributed by atoms with Gasteiger partial charge in [-0.05, 0) is 24.3 Å². The Kier molecular flexibility index (Phi) is 2.69. The molecule has 0 amide bonds. The van der Waals surface area contributed by atoms with Crippen molar-refractivity contribution < 1.29 is 19.2 Å². The number of hydrogen-bond donors (Lipinski definition) is 1. The molecule has 3 aromatic rings. The highest BCUT2D eigenvalue weighted by Gasteiger charge is 2.14. The van der Waals surface area contributed by atoms with Gasteiger partial charge in [-0.3, -0.25) is 14.9 Å². The van der Waals surface area contributed by atoms with Gasteiger partial charge in [-0.1, -0.05) is 0 Å². The molecular weight excluding hydrogens is 278 g/mol. The van der Waals surface area contributed by atoms with Crippen molar-refractivity contribution in [2.45, 2.75) is 0 Å². The van der Waals surface area contributed by atoms with Gasteiger partial charge in [0.1, 0.15) is 11.2 Å². The Morgan fingerprint density at radius 3 is 2.33 bits per heavy atom. The average Bonchev–Trinajstić information content (AvgIpc) is 2.46. The Morgan fingerprint density at radius 2 is 1.71 bits per heavy atom. The highest BCUT2D eigenvalue weighted by atomic mass is 16.6. The summed E-state index contributed by atoms with van der Waals surface area (Å²) in [5, 5.41) is 19.8. The summed E-state index contributed by atoms with van der Waals surface area (Å²) in [4.78, 5) is 33.4. The van der Waals surface area contributed by atoms with E-state index in [0.29, 0.717) is 0 Å². The minimum absolute atomic E-state index is 0.0410. The first-order valence-corrected chi connectivity index (χ1v) is 5.85. The molecule has 0 fully saturated rings. The minimum Gasteiger partial charge on any atom is -0.478 e. The maximum absolute atomic E-state index is 12.4. The summed E-state index contributed by atoms with van der Waals surface area (Å²) in [6.07, 6.45) is 0. The number of benzene rings is 2. The Labute approximate surface area is 116 Å². The van der Waals surface area contributed by atoms with Crippen LogP contribution < -0.4 is 5.43 Å². The molecule has 0 unspecified atom stereocenters. The minimum atomic E-state index is -1.17. The number of nitro benzene ring substituents is 1. The van der Waals surface area contributed by atoms with Gasteiger partial charge < -0.3 is 9.52 Å². The fraction of sp³-hybridized carbons (Fsp3) is 0. The molecule has 7 nitrogen and oxygen atoms in total. The van der Waals surface area contributed by atoms with Gasteiger partial charge in [0.25, 0.3) is 5.69 Å². The van der Waals surface area contributed by atoms with Gasteiger partial charge in [0, 0.05) is 12.1 Å². The second-order valence-corrected chi connectivity index (χ2v) is 4.38. The molecule has 0 saturated carbocycles. The molecule has 0 aliphatic carbocycles. The summed E-state index contributed by atoms with van der Waals surface area (Å²) >= 11 is 0. The quantitative estimate of drug-likeness (QED) is 0.440. The van der Waals surface area contributed by atoms with Crippen molar-refractivity contribution in [2.75, 3.05) is 0 Å². The Hall–Kier alpha value is -3.22. The van der Waals surface area contributed by atoms with Crippen LogP contribution in [0.25, 0.3) is 21.9 Å². The van der Waals surface area contributed by atoms with E-state index in [4.69, 9.17) is 9.52 Å². The van der Waals surface area contributed by atoms with E-state index in [2.05, 4.69) is 0 Å². The average molecular weight is 285 g/mol. The van der Waals surface area contributed by atoms with E-state index in [1.54, 1.807) is 0 Å². The zero-order valence-corrected chi connectivity index (χ0v) is 10.4. The summed E-state index contributed by atoms with van der Waals surface area (Å²) in [7, 11) is 0. The van der Waals surface area contributed by atoms with Crippen LogP contribution in [0.1, 0.15) is 10.4 Å². The molecule has 1 heterocycles. The van der Waals surface area contributed by atoms with Crippen LogP contribution >= 0.6 is 0 Å². The van der Waals surface area contributed by atoms with Crippen molar-refractivity contribution in [3.05, 3.63) is 62.3 Å². The summed E-state index contributed by atoms with van der Waals surface area (Å²) < 4.78 is 5.48. The molecule has 7 heteroatoms. The van der Waals surface area contributed by atoms with Crippen LogP contribution in [0.4, 0.5) is 5.69 Å². The predicted molar refractivity (Wildman–Crippen MR) is 73.6 cm³/mol. The number of aromatic carboxylic acids is 1. The van der Waals surface area contributed by atoms with Crippen molar-refractivity contribution in [1.29, 1.82) is 0 Å². The molecule has 104 valence electrons. The summed E-state index contributed by atoms with van der Waals surface area (Å²) in [5.74, 6) is -1.17. The highest BCUT2D eigenvalue weighted by Crippen LogP contribution is 2.23. The van der Waals surface area contributed by atoms with Crippen LogP contribution in [-0.4, -0.2) is 16.0 Å². The normalized spacial score (nSPS) is 10.9. The second kappa shape index (κ2) is 4.41. The molecule has 3 rings (SSSR count). The molecule has 0 radical (unpaired) electrons. The lowest BCUT2D eigenvalue weighted by atomic mass is 10.1. The van der Waals surface area contributed by atoms with Crippen LogP contribution in [0.5, 0.6) is 0 Å². The van der Waals surface area contributed by atoms with Gasteiger partial charge in [0.2, 0.25) is 5.43 Å². The van der Waals surface area contributed by atoms with Crippen LogP contribution in [0.2, 0.25) is 0 Å². The number of fused-ring (bicyclic) bond motifs is 2. The summed E-state index contributed by atoms with van der Waals surface area (Å²) in [6, 6.07) is 7.61. The molecule has 0 aliphatic rings. The number of rotatable bonds is 2. The zero-order chi connectivity index (χ0) is 15.1. The van der Waals surface area contributed by atoms with E-state index in [9.17, 15) is 19.7 Å². The summed E-state index contributed by atoms with van der Waals surface area (Å²) in [5.41, 5.74) is -0.353. The molecule has 0 spiro atoms. The monoisotopic (exact) mass is 285 g/mol. The van der Waals surface area contributed by atoms with Gasteiger partial charge in [0.05, 0.1) is 21.3 Å². The topological polar surface area (TPSA) is 111 Å². The van der Waals surface area contributed by atoms with E-state index in [-0.39, 0.29) is 33.2 Å². The Morgan fingerprint density at radius 1 is 1.10 bits per heavy atom. The third-order valence-electron chi connectivity index (χ3n) is 3.11. The van der Waals surface area contributed by atoms with E-state index in [1.807, 2.05) is 0 Å². The van der Waals surface area contributed by atoms with Crippen LogP contribution in [0.15, 0.2) is 45.6 Å². The Bertz CT molecular complexity index is 897. The number of hydrogen-bond acceptors (Lipinski definition) is 5. The smallest absolute Gasteiger partial charge is 0.335 e. The van der Waals surface area contributed by atoms with Crippen LogP contribution in [0.3, 0.4) is 0 Å². The van der Waals surface area contributed by atoms with Crippen LogP contribution in [0, 0.1) is 10.1 Å². The van der Waals surface area contributed by atoms with E-state index < -0.39 is 16.3 Å². The first kappa shape index (κ1) is 12.8. The first-order chi connectivity index (χ1) is 9.97. The lowest BCUT2D eigenvalue weighted by Crippen LogP contribution is -2.05. The van der Waals surface area contributed by atoms with E-state index >= 15 is 0 Å². The molecule has 0 saturated heterocycles. The number of nitrogens with zero attached hydrogens (tertiary/aromatic N) is 1. The van der Waals surface area contributed by atoms with Gasteiger partial charge >= 0.3 is 5.97 Å². The highest BCUT2D eigenvalue weighted by molar-refractivity contribution is 5.96. The molecule has 1 aromatic heterocycles. The molecule has 0 aliphatic heterocycles. The molecule has 2 aromatic carbocycles. The lowest BCUT2D eigenvalue weighted by Gasteiger charge is -2.02. The third kappa shape index (κ3) is 2.00. The van der Waals surface area contributed by atoms with Crippen molar-refractivity contribution in [2.24, 2.45) is 0 Å². The maximum atomic E-state index is 12.4. The maximum Gasteiger partial charge on any atom is 0.335 e. The fourth-order valence-corrected chi connectivity index (χ4v) is 2.09. The molecule has 21 heavy (non-hydrogen) atoms. The molecule has 1 N–H and O–H groups in total. The van der Waals surface area contributed by atoms with Gasteiger partial charge in [-0.2, -0.15) is 0 Å². The molecule has 0 bridgehead atoms. The van der Waals surface area contributed by atoms with Crippen molar-refractivity contribution in [1.82, 2.24) is 0 Å². The number of carboxylic acid groups (broad SMARTS) is 1. The second-order valence-electron chi connectivity index (χ2n) is 4.38. The first-order valence-electron chi connectivity index (χ1n) is 5.85. The van der Waals surface area contributed by atoms with E-state index in [0.717, 1.165) is 6.07 Å². The third-order valence-corrected chi connectivity index (χ3v) is 3.11. The van der Waals surface area contributed by atoms with Gasteiger partial charge in [0.15, 0.2) is 0 Å². The van der Waals surface area contributed by atoms with Gasteiger partial charge in [-0.25, -0.2) is 4.79 Å². The van der Waals surface area contributed by atoms with Crippen LogP contribution in [-0.2, 0) is 0 Å². The molecular formula is C14H7NO6.